The van der Waals surface area contributed by atoms with Gasteiger partial charge in [-0.15, -0.1) is 5.10 Å². The average Bonchev–Trinajstić information content (AvgIpc) is 3.72. The third-order valence-electron chi connectivity index (χ3n) is 9.34. The molecule has 6 aromatic carbocycles. The minimum Gasteiger partial charge on any atom is -0.309 e. The van der Waals surface area contributed by atoms with Crippen molar-refractivity contribution in [2.75, 3.05) is 0 Å². The topological polar surface area (TPSA) is 74.3 Å². The van der Waals surface area contributed by atoms with Crippen molar-refractivity contribution >= 4 is 43.7 Å². The van der Waals surface area contributed by atoms with Gasteiger partial charge in [0.2, 0.25) is 0 Å². The molecule has 0 saturated heterocycles. The van der Waals surface area contributed by atoms with Gasteiger partial charge in [-0.2, -0.15) is 5.10 Å². The van der Waals surface area contributed by atoms with Crippen molar-refractivity contribution in [1.29, 1.82) is 0 Å². The molecule has 7 heteroatoms. The third-order valence-corrected chi connectivity index (χ3v) is 9.34. The molecule has 0 amide bonds. The van der Waals surface area contributed by atoms with Crippen LogP contribution in [0, 0.1) is 0 Å². The van der Waals surface area contributed by atoms with E-state index in [1.165, 1.54) is 10.8 Å². The van der Waals surface area contributed by atoms with Crippen LogP contribution in [0.5, 0.6) is 0 Å². The summed E-state index contributed by atoms with van der Waals surface area (Å²) in [4.78, 5) is 14.7. The van der Waals surface area contributed by atoms with E-state index in [1.807, 2.05) is 66.7 Å². The SMILES string of the molecule is c1ccc(-c2nc(-c3ccccc3)nc(-c3ccc(-n4c5ccccc5c5c6c7ccnnc7n(-c7ccccc7)c6ccc54)cc3)n2)cc1. The number of para-hydroxylation sites is 2. The van der Waals surface area contributed by atoms with Crippen molar-refractivity contribution in [3.8, 4) is 45.5 Å². The summed E-state index contributed by atoms with van der Waals surface area (Å²) in [5.74, 6) is 1.91. The van der Waals surface area contributed by atoms with Gasteiger partial charge in [-0.25, -0.2) is 15.0 Å². The lowest BCUT2D eigenvalue weighted by atomic mass is 10.1. The van der Waals surface area contributed by atoms with E-state index >= 15 is 0 Å². The summed E-state index contributed by atoms with van der Waals surface area (Å²) in [7, 11) is 0. The van der Waals surface area contributed by atoms with E-state index in [4.69, 9.17) is 15.0 Å². The number of rotatable bonds is 5. The fourth-order valence-corrected chi connectivity index (χ4v) is 7.12. The Morgan fingerprint density at radius 2 is 0.860 bits per heavy atom. The maximum atomic E-state index is 4.94. The van der Waals surface area contributed by atoms with Gasteiger partial charge >= 0.3 is 0 Å². The number of benzene rings is 6. The highest BCUT2D eigenvalue weighted by molar-refractivity contribution is 6.28. The van der Waals surface area contributed by atoms with Gasteiger partial charge in [0.25, 0.3) is 0 Å². The largest absolute Gasteiger partial charge is 0.309 e. The summed E-state index contributed by atoms with van der Waals surface area (Å²) in [6.45, 7) is 0. The van der Waals surface area contributed by atoms with Crippen molar-refractivity contribution < 1.29 is 0 Å². The van der Waals surface area contributed by atoms with E-state index in [-0.39, 0.29) is 0 Å². The van der Waals surface area contributed by atoms with Crippen LogP contribution in [0.2, 0.25) is 0 Å². The van der Waals surface area contributed by atoms with Gasteiger partial charge in [0.1, 0.15) is 0 Å². The summed E-state index contributed by atoms with van der Waals surface area (Å²) >= 11 is 0. The smallest absolute Gasteiger partial charge is 0.168 e. The van der Waals surface area contributed by atoms with Crippen LogP contribution in [-0.4, -0.2) is 34.3 Å². The Bertz CT molecular complexity index is 2780. The standard InChI is InChI=1S/C43H27N7/c1-4-12-28(13-5-1)40-45-41(29-14-6-2-7-15-29)47-42(46-40)30-20-22-32(23-21-30)49-35-19-11-10-18-33(35)38-36(49)24-25-37-39(38)34-26-27-44-48-43(34)50(37)31-16-8-3-9-17-31/h1-27H. The number of aromatic nitrogens is 7. The molecule has 0 N–H and O–H groups in total. The average molecular weight is 642 g/mol. The molecule has 0 saturated carbocycles. The molecule has 7 nitrogen and oxygen atoms in total. The minimum absolute atomic E-state index is 0.628. The van der Waals surface area contributed by atoms with Gasteiger partial charge in [-0.05, 0) is 60.7 Å². The van der Waals surface area contributed by atoms with E-state index in [2.05, 4.69) is 110 Å². The molecule has 0 bridgehead atoms. The molecule has 0 atom stereocenters. The molecule has 10 aromatic rings. The van der Waals surface area contributed by atoms with Crippen molar-refractivity contribution in [3.63, 3.8) is 0 Å². The van der Waals surface area contributed by atoms with E-state index in [0.717, 1.165) is 61.0 Å². The second-order valence-corrected chi connectivity index (χ2v) is 12.2. The molecule has 0 aliphatic rings. The van der Waals surface area contributed by atoms with E-state index < -0.39 is 0 Å². The molecule has 4 heterocycles. The highest BCUT2D eigenvalue weighted by atomic mass is 15.2. The lowest BCUT2D eigenvalue weighted by Crippen LogP contribution is -2.00. The van der Waals surface area contributed by atoms with Crippen LogP contribution in [0.15, 0.2) is 164 Å². The van der Waals surface area contributed by atoms with Crippen molar-refractivity contribution in [2.24, 2.45) is 0 Å². The quantitative estimate of drug-likeness (QED) is 0.187. The molecule has 0 spiro atoms. The Balaban J connectivity index is 1.16. The lowest BCUT2D eigenvalue weighted by Gasteiger charge is -2.11. The molecular weight excluding hydrogens is 615 g/mol. The number of hydrogen-bond donors (Lipinski definition) is 0. The first kappa shape index (κ1) is 28.1. The van der Waals surface area contributed by atoms with E-state index in [1.54, 1.807) is 6.20 Å². The first-order chi connectivity index (χ1) is 24.8. The second-order valence-electron chi connectivity index (χ2n) is 12.2. The van der Waals surface area contributed by atoms with Gasteiger partial charge in [0.15, 0.2) is 23.1 Å². The minimum atomic E-state index is 0.628. The van der Waals surface area contributed by atoms with Crippen LogP contribution in [0.3, 0.4) is 0 Å². The Kier molecular flexibility index (Phi) is 6.35. The van der Waals surface area contributed by atoms with Crippen LogP contribution in [-0.2, 0) is 0 Å². The molecule has 0 radical (unpaired) electrons. The number of nitrogens with zero attached hydrogens (tertiary/aromatic N) is 7. The van der Waals surface area contributed by atoms with Gasteiger partial charge in [-0.3, -0.25) is 4.57 Å². The molecular formula is C43H27N7. The van der Waals surface area contributed by atoms with E-state index in [0.29, 0.717) is 17.5 Å². The van der Waals surface area contributed by atoms with Gasteiger partial charge < -0.3 is 4.57 Å². The molecule has 0 unspecified atom stereocenters. The van der Waals surface area contributed by atoms with Crippen LogP contribution in [0.25, 0.3) is 89.3 Å². The Hall–Kier alpha value is -6.99. The summed E-state index contributed by atoms with van der Waals surface area (Å²) in [5, 5.41) is 13.5. The molecule has 234 valence electrons. The van der Waals surface area contributed by atoms with Crippen molar-refractivity contribution in [2.45, 2.75) is 0 Å². The highest BCUT2D eigenvalue weighted by Gasteiger charge is 2.21. The maximum Gasteiger partial charge on any atom is 0.168 e. The first-order valence-electron chi connectivity index (χ1n) is 16.5. The third kappa shape index (κ3) is 4.41. The highest BCUT2D eigenvalue weighted by Crippen LogP contribution is 2.41. The molecule has 50 heavy (non-hydrogen) atoms. The molecule has 0 aliphatic carbocycles. The fraction of sp³-hybridized carbons (Fsp3) is 0. The summed E-state index contributed by atoms with van der Waals surface area (Å²) in [6, 6.07) is 54.1. The van der Waals surface area contributed by atoms with Gasteiger partial charge in [0, 0.05) is 49.6 Å². The zero-order chi connectivity index (χ0) is 33.0. The lowest BCUT2D eigenvalue weighted by molar-refractivity contribution is 1.02. The molecule has 0 aliphatic heterocycles. The summed E-state index contributed by atoms with van der Waals surface area (Å²) in [5.41, 5.74) is 9.08. The van der Waals surface area contributed by atoms with Gasteiger partial charge in [-0.1, -0.05) is 97.1 Å². The Morgan fingerprint density at radius 3 is 1.50 bits per heavy atom. The zero-order valence-electron chi connectivity index (χ0n) is 26.7. The second kappa shape index (κ2) is 11.3. The van der Waals surface area contributed by atoms with Crippen LogP contribution < -0.4 is 0 Å². The summed E-state index contributed by atoms with van der Waals surface area (Å²) < 4.78 is 4.55. The zero-order valence-corrected chi connectivity index (χ0v) is 26.7. The van der Waals surface area contributed by atoms with Crippen LogP contribution >= 0.6 is 0 Å². The normalized spacial score (nSPS) is 11.6. The number of fused-ring (bicyclic) bond motifs is 7. The predicted octanol–water partition coefficient (Wildman–Crippen LogP) is 9.86. The summed E-state index contributed by atoms with van der Waals surface area (Å²) in [6.07, 6.45) is 1.78. The fourth-order valence-electron chi connectivity index (χ4n) is 7.12. The molecule has 10 rings (SSSR count). The Labute approximate surface area is 286 Å². The number of hydrogen-bond acceptors (Lipinski definition) is 5. The Morgan fingerprint density at radius 1 is 0.360 bits per heavy atom. The predicted molar refractivity (Wildman–Crippen MR) is 200 cm³/mol. The van der Waals surface area contributed by atoms with Crippen molar-refractivity contribution in [1.82, 2.24) is 34.3 Å². The molecule has 0 fully saturated rings. The van der Waals surface area contributed by atoms with Crippen LogP contribution in [0.4, 0.5) is 0 Å². The van der Waals surface area contributed by atoms with Crippen molar-refractivity contribution in [3.05, 3.63) is 164 Å². The van der Waals surface area contributed by atoms with E-state index in [9.17, 15) is 0 Å². The van der Waals surface area contributed by atoms with Gasteiger partial charge in [0.05, 0.1) is 22.7 Å². The van der Waals surface area contributed by atoms with Crippen LogP contribution in [0.1, 0.15) is 0 Å². The first-order valence-corrected chi connectivity index (χ1v) is 16.5. The maximum absolute atomic E-state index is 4.94. The molecule has 4 aromatic heterocycles. The monoisotopic (exact) mass is 641 g/mol.